The number of aromatic amines is 1. The van der Waals surface area contributed by atoms with Crippen LogP contribution >= 0.6 is 15.9 Å². The summed E-state index contributed by atoms with van der Waals surface area (Å²) in [4.78, 5) is 31.3. The van der Waals surface area contributed by atoms with Crippen LogP contribution in [0, 0.1) is 5.92 Å². The van der Waals surface area contributed by atoms with Crippen molar-refractivity contribution < 1.29 is 14.7 Å². The van der Waals surface area contributed by atoms with Crippen LogP contribution in [0.15, 0.2) is 12.5 Å². The van der Waals surface area contributed by atoms with Crippen LogP contribution in [0.25, 0.3) is 0 Å². The fourth-order valence-electron chi connectivity index (χ4n) is 2.15. The quantitative estimate of drug-likeness (QED) is 0.781. The van der Waals surface area contributed by atoms with E-state index >= 15 is 0 Å². The number of H-pyrrole nitrogens is 1. The zero-order valence-corrected chi connectivity index (χ0v) is 11.3. The molecule has 0 spiro atoms. The molecule has 2 heterocycles. The third kappa shape index (κ3) is 2.72. The van der Waals surface area contributed by atoms with Crippen LogP contribution in [-0.2, 0) is 16.0 Å². The molecule has 0 aliphatic carbocycles. The number of nitrogens with zero attached hydrogens (tertiary/aromatic N) is 2. The molecule has 0 radical (unpaired) electrons. The molecule has 1 aromatic rings. The van der Waals surface area contributed by atoms with Gasteiger partial charge in [-0.25, -0.2) is 9.78 Å². The maximum atomic E-state index is 11.8. The minimum Gasteiger partial charge on any atom is -0.480 e. The lowest BCUT2D eigenvalue weighted by molar-refractivity contribution is -0.148. The number of carboxylic acid groups (broad SMARTS) is 1. The van der Waals surface area contributed by atoms with Crippen molar-refractivity contribution in [3.63, 3.8) is 0 Å². The van der Waals surface area contributed by atoms with E-state index in [4.69, 9.17) is 0 Å². The molecule has 18 heavy (non-hydrogen) atoms. The number of aliphatic carboxylic acids is 1. The van der Waals surface area contributed by atoms with E-state index < -0.39 is 12.0 Å². The van der Waals surface area contributed by atoms with Crippen molar-refractivity contribution in [3.05, 3.63) is 18.2 Å². The Kier molecular flexibility index (Phi) is 4.00. The van der Waals surface area contributed by atoms with Crippen molar-refractivity contribution in [2.24, 2.45) is 5.92 Å². The molecule has 1 aromatic heterocycles. The summed E-state index contributed by atoms with van der Waals surface area (Å²) < 4.78 is 0. The Balaban J connectivity index is 2.11. The Morgan fingerprint density at radius 1 is 1.72 bits per heavy atom. The second-order valence-corrected chi connectivity index (χ2v) is 5.05. The first kappa shape index (κ1) is 13.1. The van der Waals surface area contributed by atoms with Gasteiger partial charge in [-0.3, -0.25) is 4.79 Å². The first-order valence-electron chi connectivity index (χ1n) is 5.67. The average Bonchev–Trinajstić information content (AvgIpc) is 2.95. The molecular formula is C11H14BrN3O3. The Morgan fingerprint density at radius 2 is 2.50 bits per heavy atom. The van der Waals surface area contributed by atoms with Gasteiger partial charge >= 0.3 is 5.97 Å². The molecule has 0 saturated carbocycles. The number of carbonyl (C=O) groups excluding carboxylic acids is 1. The van der Waals surface area contributed by atoms with E-state index in [-0.39, 0.29) is 18.2 Å². The fraction of sp³-hybridized carbons (Fsp3) is 0.545. The van der Waals surface area contributed by atoms with Crippen molar-refractivity contribution in [1.29, 1.82) is 0 Å². The molecule has 2 atom stereocenters. The summed E-state index contributed by atoms with van der Waals surface area (Å²) in [5.74, 6) is -0.874. The molecule has 7 heteroatoms. The van der Waals surface area contributed by atoms with Gasteiger partial charge in [-0.2, -0.15) is 0 Å². The molecule has 1 saturated heterocycles. The number of amides is 1. The first-order valence-corrected chi connectivity index (χ1v) is 6.79. The van der Waals surface area contributed by atoms with E-state index in [1.807, 2.05) is 0 Å². The maximum Gasteiger partial charge on any atom is 0.326 e. The Labute approximate surface area is 113 Å². The van der Waals surface area contributed by atoms with E-state index in [0.717, 1.165) is 5.69 Å². The summed E-state index contributed by atoms with van der Waals surface area (Å²) in [6.45, 7) is 0.495. The van der Waals surface area contributed by atoms with Gasteiger partial charge in [0.05, 0.1) is 6.33 Å². The van der Waals surface area contributed by atoms with Crippen molar-refractivity contribution in [3.8, 4) is 0 Å². The third-order valence-corrected chi connectivity index (χ3v) is 4.00. The Hall–Kier alpha value is -1.37. The molecule has 1 aliphatic heterocycles. The van der Waals surface area contributed by atoms with Crippen molar-refractivity contribution in [1.82, 2.24) is 14.9 Å². The van der Waals surface area contributed by atoms with Gasteiger partial charge in [0.1, 0.15) is 6.04 Å². The highest BCUT2D eigenvalue weighted by Gasteiger charge is 2.37. The molecule has 1 unspecified atom stereocenters. The molecule has 2 rings (SSSR count). The normalized spacial score (nSPS) is 21.3. The number of hydrogen-bond acceptors (Lipinski definition) is 3. The average molecular weight is 316 g/mol. The molecule has 0 bridgehead atoms. The van der Waals surface area contributed by atoms with Crippen LogP contribution in [0.2, 0.25) is 0 Å². The summed E-state index contributed by atoms with van der Waals surface area (Å²) in [7, 11) is 0. The van der Waals surface area contributed by atoms with Crippen LogP contribution in [0.3, 0.4) is 0 Å². The monoisotopic (exact) mass is 315 g/mol. The Bertz CT molecular complexity index is 435. The number of likely N-dealkylation sites (tertiary alicyclic amines) is 1. The summed E-state index contributed by atoms with van der Waals surface area (Å²) >= 11 is 3.34. The number of aromatic nitrogens is 2. The summed E-state index contributed by atoms with van der Waals surface area (Å²) in [6, 6.07) is -0.818. The molecule has 2 N–H and O–H groups in total. The molecule has 1 amide bonds. The largest absolute Gasteiger partial charge is 0.480 e. The molecule has 0 aromatic carbocycles. The van der Waals surface area contributed by atoms with Crippen LogP contribution in [0.5, 0.6) is 0 Å². The number of imidazole rings is 1. The molecule has 1 aliphatic rings. The van der Waals surface area contributed by atoms with Gasteiger partial charge in [0.15, 0.2) is 0 Å². The van der Waals surface area contributed by atoms with E-state index in [1.54, 1.807) is 6.20 Å². The fourth-order valence-corrected chi connectivity index (χ4v) is 2.58. The number of hydrogen-bond donors (Lipinski definition) is 2. The van der Waals surface area contributed by atoms with Crippen molar-refractivity contribution in [2.45, 2.75) is 18.9 Å². The molecular weight excluding hydrogens is 302 g/mol. The number of rotatable bonds is 5. The zero-order valence-electron chi connectivity index (χ0n) is 9.67. The van der Waals surface area contributed by atoms with Gasteiger partial charge in [-0.15, -0.1) is 0 Å². The predicted octanol–water partition coefficient (Wildman–Crippen LogP) is 0.649. The van der Waals surface area contributed by atoms with E-state index in [9.17, 15) is 14.7 Å². The van der Waals surface area contributed by atoms with Crippen LogP contribution in [0.4, 0.5) is 0 Å². The standard InChI is InChI=1S/C11H14BrN3O3/c12-3-7-1-10(16)15(5-7)9(11(17)18)2-8-4-13-6-14-8/h4,6-7,9H,1-3,5H2,(H,13,14)(H,17,18)/t7?,9-/m0/s1. The van der Waals surface area contributed by atoms with Crippen LogP contribution in [-0.4, -0.2) is 49.8 Å². The number of nitrogens with one attached hydrogen (secondary N) is 1. The number of carboxylic acids is 1. The van der Waals surface area contributed by atoms with E-state index in [0.29, 0.717) is 18.3 Å². The lowest BCUT2D eigenvalue weighted by atomic mass is 10.1. The summed E-state index contributed by atoms with van der Waals surface area (Å²) in [6.07, 6.45) is 3.76. The zero-order chi connectivity index (χ0) is 13.1. The SMILES string of the molecule is O=C(O)[C@H](Cc1cnc[nH]1)N1CC(CBr)CC1=O. The molecule has 1 fully saturated rings. The van der Waals surface area contributed by atoms with E-state index in [1.165, 1.54) is 11.2 Å². The highest BCUT2D eigenvalue weighted by Crippen LogP contribution is 2.23. The van der Waals surface area contributed by atoms with E-state index in [2.05, 4.69) is 25.9 Å². The highest BCUT2D eigenvalue weighted by molar-refractivity contribution is 9.09. The van der Waals surface area contributed by atoms with Crippen LogP contribution < -0.4 is 0 Å². The Morgan fingerprint density at radius 3 is 3.00 bits per heavy atom. The van der Waals surface area contributed by atoms with Crippen molar-refractivity contribution in [2.75, 3.05) is 11.9 Å². The third-order valence-electron chi connectivity index (χ3n) is 3.09. The van der Waals surface area contributed by atoms with Gasteiger partial charge in [0, 0.05) is 36.6 Å². The lowest BCUT2D eigenvalue weighted by Crippen LogP contribution is -2.43. The molecule has 98 valence electrons. The molecule has 6 nitrogen and oxygen atoms in total. The van der Waals surface area contributed by atoms with Gasteiger partial charge in [-0.05, 0) is 5.92 Å². The first-order chi connectivity index (χ1) is 8.61. The minimum absolute atomic E-state index is 0.0913. The maximum absolute atomic E-state index is 11.8. The van der Waals surface area contributed by atoms with Gasteiger partial charge in [0.2, 0.25) is 5.91 Å². The summed E-state index contributed by atoms with van der Waals surface area (Å²) in [5, 5.41) is 9.98. The number of alkyl halides is 1. The summed E-state index contributed by atoms with van der Waals surface area (Å²) in [5.41, 5.74) is 0.720. The highest BCUT2D eigenvalue weighted by atomic mass is 79.9. The van der Waals surface area contributed by atoms with Crippen LogP contribution in [0.1, 0.15) is 12.1 Å². The lowest BCUT2D eigenvalue weighted by Gasteiger charge is -2.24. The minimum atomic E-state index is -0.979. The van der Waals surface area contributed by atoms with Gasteiger partial charge in [0.25, 0.3) is 0 Å². The number of carbonyl (C=O) groups is 2. The van der Waals surface area contributed by atoms with Crippen molar-refractivity contribution >= 4 is 27.8 Å². The predicted molar refractivity (Wildman–Crippen MR) is 67.3 cm³/mol. The van der Waals surface area contributed by atoms with Gasteiger partial charge < -0.3 is 15.0 Å². The topological polar surface area (TPSA) is 86.3 Å². The second kappa shape index (κ2) is 5.51. The second-order valence-electron chi connectivity index (χ2n) is 4.41. The van der Waals surface area contributed by atoms with Gasteiger partial charge in [-0.1, -0.05) is 15.9 Å². The smallest absolute Gasteiger partial charge is 0.326 e. The number of halogens is 1.